The smallest absolute Gasteiger partial charge is 0.248 e. The van der Waals surface area contributed by atoms with E-state index in [0.717, 1.165) is 25.2 Å². The highest BCUT2D eigenvalue weighted by atomic mass is 35.5. The number of aryl methyl sites for hydroxylation is 1. The number of hydrogen-bond donors (Lipinski definition) is 0. The second-order valence-corrected chi connectivity index (χ2v) is 8.37. The molecule has 0 spiro atoms. The summed E-state index contributed by atoms with van der Waals surface area (Å²) in [6.45, 7) is 5.73. The first-order chi connectivity index (χ1) is 16.0. The molecule has 1 amide bonds. The Labute approximate surface area is 196 Å². The summed E-state index contributed by atoms with van der Waals surface area (Å²) in [4.78, 5) is 17.6. The van der Waals surface area contributed by atoms with Crippen LogP contribution in [0.4, 0.5) is 4.39 Å². The summed E-state index contributed by atoms with van der Waals surface area (Å²) >= 11 is 6.13. The van der Waals surface area contributed by atoms with E-state index in [1.54, 1.807) is 29.8 Å². The summed E-state index contributed by atoms with van der Waals surface area (Å²) in [6.07, 6.45) is 0.386. The fourth-order valence-corrected chi connectivity index (χ4v) is 4.09. The molecular formula is C23H26ClFN6O2. The highest BCUT2D eigenvalue weighted by Crippen LogP contribution is 2.23. The molecule has 1 saturated heterocycles. The van der Waals surface area contributed by atoms with Gasteiger partial charge in [-0.1, -0.05) is 35.9 Å². The number of nitrogens with zero attached hydrogens (tertiary/aromatic N) is 6. The largest absolute Gasteiger partial charge is 0.491 e. The van der Waals surface area contributed by atoms with Crippen LogP contribution in [-0.4, -0.2) is 75.2 Å². The van der Waals surface area contributed by atoms with E-state index in [1.165, 1.54) is 12.1 Å². The molecular weight excluding hydrogens is 447 g/mol. The van der Waals surface area contributed by atoms with Crippen molar-refractivity contribution < 1.29 is 13.9 Å². The topological polar surface area (TPSA) is 76.4 Å². The molecule has 1 atom stereocenters. The lowest BCUT2D eigenvalue weighted by molar-refractivity contribution is -0.137. The Kier molecular flexibility index (Phi) is 7.51. The van der Waals surface area contributed by atoms with Gasteiger partial charge in [-0.05, 0) is 47.2 Å². The van der Waals surface area contributed by atoms with Crippen LogP contribution in [-0.2, 0) is 11.2 Å². The van der Waals surface area contributed by atoms with Gasteiger partial charge in [-0.15, -0.1) is 5.10 Å². The number of benzene rings is 2. The number of halogens is 2. The minimum absolute atomic E-state index is 0.0401. The van der Waals surface area contributed by atoms with Gasteiger partial charge in [0.05, 0.1) is 5.02 Å². The Balaban J connectivity index is 1.34. The Hall–Kier alpha value is -3.04. The summed E-state index contributed by atoms with van der Waals surface area (Å²) in [7, 11) is 0. The van der Waals surface area contributed by atoms with Gasteiger partial charge in [-0.25, -0.2) is 9.07 Å². The van der Waals surface area contributed by atoms with Gasteiger partial charge in [0.25, 0.3) is 0 Å². The molecule has 2 aromatic carbocycles. The third-order valence-electron chi connectivity index (χ3n) is 5.77. The van der Waals surface area contributed by atoms with Crippen molar-refractivity contribution in [2.24, 2.45) is 0 Å². The number of para-hydroxylation sites is 1. The van der Waals surface area contributed by atoms with E-state index in [-0.39, 0.29) is 11.7 Å². The van der Waals surface area contributed by atoms with Gasteiger partial charge in [-0.3, -0.25) is 9.69 Å². The van der Waals surface area contributed by atoms with Crippen LogP contribution in [0.1, 0.15) is 17.4 Å². The van der Waals surface area contributed by atoms with E-state index in [9.17, 15) is 9.18 Å². The van der Waals surface area contributed by atoms with Gasteiger partial charge in [0.15, 0.2) is 0 Å². The lowest BCUT2D eigenvalue weighted by Crippen LogP contribution is -2.51. The summed E-state index contributed by atoms with van der Waals surface area (Å²) in [5, 5.41) is 12.3. The number of ether oxygens (including phenoxy) is 1. The van der Waals surface area contributed by atoms with Crippen molar-refractivity contribution in [3.63, 3.8) is 0 Å². The average molecular weight is 473 g/mol. The molecule has 0 radical (unpaired) electrons. The zero-order valence-electron chi connectivity index (χ0n) is 18.4. The molecule has 3 aromatic rings. The lowest BCUT2D eigenvalue weighted by atomic mass is 10.0. The highest BCUT2D eigenvalue weighted by molar-refractivity contribution is 6.32. The van der Waals surface area contributed by atoms with Crippen molar-refractivity contribution >= 4 is 17.5 Å². The number of amides is 1. The lowest BCUT2D eigenvalue weighted by Gasteiger charge is -2.36. The van der Waals surface area contributed by atoms with Crippen LogP contribution < -0.4 is 4.74 Å². The Morgan fingerprint density at radius 3 is 2.52 bits per heavy atom. The molecule has 2 heterocycles. The predicted molar refractivity (Wildman–Crippen MR) is 122 cm³/mol. The molecule has 1 aromatic heterocycles. The van der Waals surface area contributed by atoms with Crippen LogP contribution in [0.15, 0.2) is 48.5 Å². The second kappa shape index (κ2) is 10.7. The van der Waals surface area contributed by atoms with Crippen molar-refractivity contribution in [1.82, 2.24) is 30.0 Å². The third kappa shape index (κ3) is 5.85. The van der Waals surface area contributed by atoms with Crippen molar-refractivity contribution in [2.75, 3.05) is 39.3 Å². The second-order valence-electron chi connectivity index (χ2n) is 7.96. The molecule has 4 rings (SSSR count). The fourth-order valence-electron chi connectivity index (χ4n) is 3.90. The van der Waals surface area contributed by atoms with Gasteiger partial charge in [0.2, 0.25) is 5.91 Å². The third-order valence-corrected chi connectivity index (χ3v) is 6.08. The van der Waals surface area contributed by atoms with Crippen LogP contribution in [0.2, 0.25) is 5.02 Å². The van der Waals surface area contributed by atoms with Gasteiger partial charge >= 0.3 is 0 Å². The van der Waals surface area contributed by atoms with Crippen molar-refractivity contribution in [2.45, 2.75) is 19.4 Å². The minimum Gasteiger partial charge on any atom is -0.491 e. The van der Waals surface area contributed by atoms with E-state index in [4.69, 9.17) is 16.3 Å². The van der Waals surface area contributed by atoms with Crippen LogP contribution in [0.5, 0.6) is 5.75 Å². The summed E-state index contributed by atoms with van der Waals surface area (Å²) in [5.41, 5.74) is 0.847. The normalized spacial score (nSPS) is 15.4. The Bertz CT molecular complexity index is 1070. The quantitative estimate of drug-likeness (QED) is 0.502. The number of aromatic nitrogens is 4. The highest BCUT2D eigenvalue weighted by Gasteiger charge is 2.30. The Morgan fingerprint density at radius 2 is 1.85 bits per heavy atom. The molecule has 0 bridgehead atoms. The maximum atomic E-state index is 13.4. The SMILES string of the molecule is Cc1nnnn1C(Cc1ccc(F)cc1)C(=O)N1CCN(CCOc2ccccc2Cl)CC1. The van der Waals surface area contributed by atoms with Gasteiger partial charge in [0.1, 0.15) is 30.0 Å². The molecule has 0 saturated carbocycles. The van der Waals surface area contributed by atoms with Crippen molar-refractivity contribution in [1.29, 1.82) is 0 Å². The summed E-state index contributed by atoms with van der Waals surface area (Å²) in [5.74, 6) is 0.885. The fraction of sp³-hybridized carbons (Fsp3) is 0.391. The van der Waals surface area contributed by atoms with E-state index < -0.39 is 6.04 Å². The molecule has 8 nitrogen and oxygen atoms in total. The summed E-state index contributed by atoms with van der Waals surface area (Å²) < 4.78 is 20.7. The number of piperazine rings is 1. The van der Waals surface area contributed by atoms with Crippen LogP contribution in [0, 0.1) is 12.7 Å². The first-order valence-corrected chi connectivity index (χ1v) is 11.3. The average Bonchev–Trinajstić information content (AvgIpc) is 3.25. The van der Waals surface area contributed by atoms with E-state index in [2.05, 4.69) is 20.4 Å². The minimum atomic E-state index is -0.583. The molecule has 1 aliphatic heterocycles. The molecule has 1 fully saturated rings. The molecule has 0 aliphatic carbocycles. The van der Waals surface area contributed by atoms with Crippen LogP contribution in [0.25, 0.3) is 0 Å². The van der Waals surface area contributed by atoms with E-state index in [0.29, 0.717) is 42.7 Å². The van der Waals surface area contributed by atoms with Gasteiger partial charge in [-0.2, -0.15) is 0 Å². The molecule has 10 heteroatoms. The standard InChI is InChI=1S/C23H26ClFN6O2/c1-17-26-27-28-31(17)21(16-18-6-8-19(25)9-7-18)23(32)30-12-10-29(11-13-30)14-15-33-22-5-3-2-4-20(22)24/h2-9,21H,10-16H2,1H3. The first-order valence-electron chi connectivity index (χ1n) is 10.9. The van der Waals surface area contributed by atoms with Crippen LogP contribution in [0.3, 0.4) is 0 Å². The maximum absolute atomic E-state index is 13.4. The first kappa shape index (κ1) is 23.1. The maximum Gasteiger partial charge on any atom is 0.248 e. The number of carbonyl (C=O) groups excluding carboxylic acids is 1. The number of rotatable bonds is 8. The Morgan fingerprint density at radius 1 is 1.12 bits per heavy atom. The number of carbonyl (C=O) groups is 1. The molecule has 1 unspecified atom stereocenters. The number of tetrazole rings is 1. The molecule has 0 N–H and O–H groups in total. The monoisotopic (exact) mass is 472 g/mol. The van der Waals surface area contributed by atoms with Gasteiger partial charge < -0.3 is 9.64 Å². The van der Waals surface area contributed by atoms with Gasteiger partial charge in [0, 0.05) is 39.1 Å². The summed E-state index contributed by atoms with van der Waals surface area (Å²) in [6, 6.07) is 13.0. The molecule has 33 heavy (non-hydrogen) atoms. The predicted octanol–water partition coefficient (Wildman–Crippen LogP) is 2.78. The molecule has 174 valence electrons. The zero-order valence-corrected chi connectivity index (χ0v) is 19.2. The van der Waals surface area contributed by atoms with Crippen LogP contribution >= 0.6 is 11.6 Å². The molecule has 1 aliphatic rings. The zero-order chi connectivity index (χ0) is 23.2. The van der Waals surface area contributed by atoms with Crippen molar-refractivity contribution in [3.8, 4) is 5.75 Å². The van der Waals surface area contributed by atoms with E-state index >= 15 is 0 Å². The number of hydrogen-bond acceptors (Lipinski definition) is 6. The van der Waals surface area contributed by atoms with Crippen molar-refractivity contribution in [3.05, 3.63) is 70.8 Å². The van der Waals surface area contributed by atoms with E-state index in [1.807, 2.05) is 23.1 Å².